The zero-order chi connectivity index (χ0) is 13.0. The number of hydrogen-bond donors (Lipinski definition) is 3. The summed E-state index contributed by atoms with van der Waals surface area (Å²) in [6.45, 7) is 6.39. The molecule has 1 saturated heterocycles. The van der Waals surface area contributed by atoms with Crippen LogP contribution in [0, 0.1) is 0 Å². The zero-order valence-electron chi connectivity index (χ0n) is 10.8. The van der Waals surface area contributed by atoms with Crippen LogP contribution in [-0.4, -0.2) is 41.9 Å². The number of rotatable bonds is 4. The lowest BCUT2D eigenvalue weighted by Crippen LogP contribution is -2.40. The van der Waals surface area contributed by atoms with E-state index in [9.17, 15) is 4.79 Å². The molecular formula is C12H20N4O2. The largest absolute Gasteiger partial charge is 0.375 e. The normalized spacial score (nSPS) is 20.1. The molecule has 1 aliphatic rings. The number of aromatic nitrogens is 2. The molecule has 1 aromatic rings. The molecule has 0 spiro atoms. The van der Waals surface area contributed by atoms with Gasteiger partial charge in [0.05, 0.1) is 19.1 Å². The van der Waals surface area contributed by atoms with E-state index in [2.05, 4.69) is 34.7 Å². The molecule has 1 atom stereocenters. The molecular weight excluding hydrogens is 232 g/mol. The number of carbonyl (C=O) groups is 1. The van der Waals surface area contributed by atoms with Crippen LogP contribution in [0.3, 0.4) is 0 Å². The number of morpholine rings is 1. The van der Waals surface area contributed by atoms with Gasteiger partial charge in [-0.15, -0.1) is 0 Å². The number of ether oxygens (including phenoxy) is 1. The number of anilines is 1. The van der Waals surface area contributed by atoms with Gasteiger partial charge in [0.1, 0.15) is 0 Å². The first-order chi connectivity index (χ1) is 8.65. The smallest absolute Gasteiger partial charge is 0.228 e. The standard InChI is InChI=1S/C12H20N4O2/c1-8(2)10-6-11(16-15-10)14-12(17)5-9-7-13-3-4-18-9/h6,8-9,13H,3-5,7H2,1-2H3,(H2,14,15,16,17). The van der Waals surface area contributed by atoms with Crippen molar-refractivity contribution in [1.29, 1.82) is 0 Å². The van der Waals surface area contributed by atoms with Gasteiger partial charge < -0.3 is 15.4 Å². The highest BCUT2D eigenvalue weighted by atomic mass is 16.5. The van der Waals surface area contributed by atoms with E-state index in [4.69, 9.17) is 4.74 Å². The van der Waals surface area contributed by atoms with Crippen molar-refractivity contribution < 1.29 is 9.53 Å². The molecule has 0 aliphatic carbocycles. The molecule has 2 heterocycles. The molecule has 0 radical (unpaired) electrons. The van der Waals surface area contributed by atoms with Crippen LogP contribution in [-0.2, 0) is 9.53 Å². The first kappa shape index (κ1) is 13.0. The summed E-state index contributed by atoms with van der Waals surface area (Å²) in [5, 5.41) is 12.9. The second-order valence-corrected chi connectivity index (χ2v) is 4.81. The number of nitrogens with zero attached hydrogens (tertiary/aromatic N) is 1. The Labute approximate surface area is 106 Å². The van der Waals surface area contributed by atoms with Crippen molar-refractivity contribution >= 4 is 11.7 Å². The summed E-state index contributed by atoms with van der Waals surface area (Å²) in [6, 6.07) is 1.86. The number of carbonyl (C=O) groups excluding carboxylic acids is 1. The predicted molar refractivity (Wildman–Crippen MR) is 68.5 cm³/mol. The van der Waals surface area contributed by atoms with Gasteiger partial charge in [0.15, 0.2) is 5.82 Å². The predicted octanol–water partition coefficient (Wildman–Crippen LogP) is 0.850. The number of nitrogens with one attached hydrogen (secondary N) is 3. The second kappa shape index (κ2) is 5.97. The first-order valence-corrected chi connectivity index (χ1v) is 6.32. The van der Waals surface area contributed by atoms with Crippen molar-refractivity contribution in [2.75, 3.05) is 25.0 Å². The van der Waals surface area contributed by atoms with E-state index in [0.717, 1.165) is 18.8 Å². The van der Waals surface area contributed by atoms with Gasteiger partial charge in [-0.1, -0.05) is 13.8 Å². The number of H-pyrrole nitrogens is 1. The van der Waals surface area contributed by atoms with Crippen LogP contribution in [0.1, 0.15) is 31.9 Å². The van der Waals surface area contributed by atoms with Crippen molar-refractivity contribution in [3.63, 3.8) is 0 Å². The highest BCUT2D eigenvalue weighted by molar-refractivity contribution is 5.90. The third-order valence-electron chi connectivity index (χ3n) is 2.90. The van der Waals surface area contributed by atoms with Crippen LogP contribution in [0.4, 0.5) is 5.82 Å². The van der Waals surface area contributed by atoms with Crippen LogP contribution in [0.2, 0.25) is 0 Å². The lowest BCUT2D eigenvalue weighted by Gasteiger charge is -2.22. The molecule has 1 amide bonds. The van der Waals surface area contributed by atoms with Gasteiger partial charge in [0.25, 0.3) is 0 Å². The Bertz CT molecular complexity index is 397. The molecule has 1 aliphatic heterocycles. The van der Waals surface area contributed by atoms with Crippen LogP contribution in [0.5, 0.6) is 0 Å². The van der Waals surface area contributed by atoms with E-state index in [0.29, 0.717) is 24.8 Å². The summed E-state index contributed by atoms with van der Waals surface area (Å²) in [7, 11) is 0. The molecule has 1 aromatic heterocycles. The Kier molecular flexibility index (Phi) is 4.33. The first-order valence-electron chi connectivity index (χ1n) is 6.32. The van der Waals surface area contributed by atoms with Gasteiger partial charge in [-0.2, -0.15) is 5.10 Å². The van der Waals surface area contributed by atoms with Crippen LogP contribution in [0.25, 0.3) is 0 Å². The van der Waals surface area contributed by atoms with Crippen LogP contribution in [0.15, 0.2) is 6.07 Å². The molecule has 18 heavy (non-hydrogen) atoms. The fourth-order valence-electron chi connectivity index (χ4n) is 1.85. The fraction of sp³-hybridized carbons (Fsp3) is 0.667. The summed E-state index contributed by atoms with van der Waals surface area (Å²) in [4.78, 5) is 11.8. The highest BCUT2D eigenvalue weighted by Crippen LogP contribution is 2.15. The molecule has 0 aromatic carbocycles. The van der Waals surface area contributed by atoms with Crippen molar-refractivity contribution in [2.45, 2.75) is 32.3 Å². The maximum atomic E-state index is 11.8. The monoisotopic (exact) mass is 252 g/mol. The Morgan fingerprint density at radius 1 is 1.67 bits per heavy atom. The van der Waals surface area contributed by atoms with E-state index < -0.39 is 0 Å². The van der Waals surface area contributed by atoms with Gasteiger partial charge >= 0.3 is 0 Å². The summed E-state index contributed by atoms with van der Waals surface area (Å²) in [6.07, 6.45) is 0.318. The average Bonchev–Trinajstić information content (AvgIpc) is 2.78. The van der Waals surface area contributed by atoms with Gasteiger partial charge in [0, 0.05) is 24.8 Å². The molecule has 1 unspecified atom stereocenters. The summed E-state index contributed by atoms with van der Waals surface area (Å²) < 4.78 is 5.48. The summed E-state index contributed by atoms with van der Waals surface area (Å²) in [5.74, 6) is 0.881. The van der Waals surface area contributed by atoms with Crippen molar-refractivity contribution in [2.24, 2.45) is 0 Å². The fourth-order valence-corrected chi connectivity index (χ4v) is 1.85. The third kappa shape index (κ3) is 3.54. The molecule has 2 rings (SSSR count). The number of aromatic amines is 1. The lowest BCUT2D eigenvalue weighted by atomic mass is 10.1. The maximum absolute atomic E-state index is 11.8. The number of hydrogen-bond acceptors (Lipinski definition) is 4. The van der Waals surface area contributed by atoms with Gasteiger partial charge in [-0.05, 0) is 5.92 Å². The van der Waals surface area contributed by atoms with Gasteiger partial charge in [0.2, 0.25) is 5.91 Å². The summed E-state index contributed by atoms with van der Waals surface area (Å²) >= 11 is 0. The molecule has 6 heteroatoms. The highest BCUT2D eigenvalue weighted by Gasteiger charge is 2.18. The lowest BCUT2D eigenvalue weighted by molar-refractivity contribution is -0.119. The van der Waals surface area contributed by atoms with Crippen molar-refractivity contribution in [1.82, 2.24) is 15.5 Å². The molecule has 1 fully saturated rings. The van der Waals surface area contributed by atoms with Gasteiger partial charge in [-0.25, -0.2) is 0 Å². The molecule has 0 bridgehead atoms. The summed E-state index contributed by atoms with van der Waals surface area (Å²) in [5.41, 5.74) is 1.01. The Balaban J connectivity index is 1.82. The van der Waals surface area contributed by atoms with Crippen LogP contribution < -0.4 is 10.6 Å². The Hall–Kier alpha value is -1.40. The Morgan fingerprint density at radius 2 is 2.50 bits per heavy atom. The SMILES string of the molecule is CC(C)c1cc(NC(=O)CC2CNCCO2)n[nH]1. The molecule has 100 valence electrons. The van der Waals surface area contributed by atoms with E-state index in [1.54, 1.807) is 0 Å². The minimum atomic E-state index is -0.0643. The molecule has 3 N–H and O–H groups in total. The van der Waals surface area contributed by atoms with Gasteiger partial charge in [-0.3, -0.25) is 9.89 Å². The third-order valence-corrected chi connectivity index (χ3v) is 2.90. The zero-order valence-corrected chi connectivity index (χ0v) is 10.8. The number of amides is 1. The van der Waals surface area contributed by atoms with Crippen molar-refractivity contribution in [3.05, 3.63) is 11.8 Å². The minimum absolute atomic E-state index is 0.0396. The van der Waals surface area contributed by atoms with E-state index in [-0.39, 0.29) is 12.0 Å². The minimum Gasteiger partial charge on any atom is -0.375 e. The van der Waals surface area contributed by atoms with E-state index in [1.165, 1.54) is 0 Å². The maximum Gasteiger partial charge on any atom is 0.228 e. The van der Waals surface area contributed by atoms with E-state index in [1.807, 2.05) is 6.07 Å². The Morgan fingerprint density at radius 3 is 3.11 bits per heavy atom. The van der Waals surface area contributed by atoms with Crippen LogP contribution >= 0.6 is 0 Å². The van der Waals surface area contributed by atoms with Crippen molar-refractivity contribution in [3.8, 4) is 0 Å². The van der Waals surface area contributed by atoms with E-state index >= 15 is 0 Å². The quantitative estimate of drug-likeness (QED) is 0.742. The topological polar surface area (TPSA) is 79.0 Å². The molecule has 6 nitrogen and oxygen atoms in total. The average molecular weight is 252 g/mol. The second-order valence-electron chi connectivity index (χ2n) is 4.81. The molecule has 0 saturated carbocycles.